The first kappa shape index (κ1) is 39.2. The summed E-state index contributed by atoms with van der Waals surface area (Å²) in [6, 6.07) is 3.75. The van der Waals surface area contributed by atoms with Crippen LogP contribution in [0.1, 0.15) is 40.3 Å². The molecular weight excluding hydrogens is 771 g/mol. The smallest absolute Gasteiger partial charge is 0.146 e. The zero-order valence-electron chi connectivity index (χ0n) is 23.1. The number of rotatable bonds is 16. The van der Waals surface area contributed by atoms with E-state index >= 15 is 0 Å². The fourth-order valence-corrected chi connectivity index (χ4v) is 11.0. The Hall–Kier alpha value is 3.20. The van der Waals surface area contributed by atoms with Gasteiger partial charge in [0.2, 0.25) is 33.5 Å². The molecule has 0 aromatic heterocycles. The third-order valence-corrected chi connectivity index (χ3v) is 17.9. The highest BCUT2D eigenvalue weighted by atomic mass is 35.7. The summed E-state index contributed by atoms with van der Waals surface area (Å²) < 4.78 is 0. The Kier molecular flexibility index (Phi) is 16.5. The molecule has 38 heavy (non-hydrogen) atoms. The highest BCUT2D eigenvalue weighted by molar-refractivity contribution is 7.46. The quantitative estimate of drug-likeness (QED) is 0.115. The van der Waals surface area contributed by atoms with Crippen LogP contribution in [0.3, 0.4) is 0 Å². The summed E-state index contributed by atoms with van der Waals surface area (Å²) in [7, 11) is 0. The van der Waals surface area contributed by atoms with Crippen LogP contribution in [0.15, 0.2) is 0 Å². The molecular formula is C23H40Cl10Si5. The summed E-state index contributed by atoms with van der Waals surface area (Å²) in [6.07, 6.45) is 4.86. The number of benzene rings is 1. The van der Waals surface area contributed by atoms with Crippen molar-refractivity contribution in [2.75, 3.05) is 0 Å². The molecule has 0 aliphatic carbocycles. The molecule has 0 amide bonds. The minimum atomic E-state index is -2.37. The fraction of sp³-hybridized carbons (Fsp3) is 0.739. The summed E-state index contributed by atoms with van der Waals surface area (Å²) >= 11 is 66.3. The van der Waals surface area contributed by atoms with Gasteiger partial charge >= 0.3 is 0 Å². The number of hydrogen-bond acceptors (Lipinski definition) is 0. The van der Waals surface area contributed by atoms with Crippen molar-refractivity contribution < 1.29 is 0 Å². The van der Waals surface area contributed by atoms with Crippen molar-refractivity contribution in [2.24, 2.45) is 0 Å². The van der Waals surface area contributed by atoms with Gasteiger partial charge in [-0.15, -0.1) is 111 Å². The van der Waals surface area contributed by atoms with Crippen molar-refractivity contribution in [3.05, 3.63) is 33.4 Å². The van der Waals surface area contributed by atoms with Gasteiger partial charge in [-0.25, -0.2) is 0 Å². The van der Waals surface area contributed by atoms with Crippen molar-refractivity contribution in [3.63, 3.8) is 0 Å². The van der Waals surface area contributed by atoms with Crippen LogP contribution in [0.5, 0.6) is 0 Å². The molecule has 0 saturated heterocycles. The summed E-state index contributed by atoms with van der Waals surface area (Å²) in [4.78, 5) is 0. The second-order valence-corrected chi connectivity index (χ2v) is 52.2. The molecule has 0 spiro atoms. The predicted molar refractivity (Wildman–Crippen MR) is 195 cm³/mol. The maximum absolute atomic E-state index is 6.64. The molecule has 0 aliphatic heterocycles. The molecule has 0 fully saturated rings. The summed E-state index contributed by atoms with van der Waals surface area (Å²) in [6.45, 7) is 0.289. The van der Waals surface area contributed by atoms with Crippen LogP contribution in [-0.4, -0.2) is 33.5 Å². The molecule has 0 heterocycles. The first-order valence-corrected chi connectivity index (χ1v) is 36.6. The Morgan fingerprint density at radius 1 is 0.342 bits per heavy atom. The number of hydrogen-bond donors (Lipinski definition) is 0. The predicted octanol–water partition coefficient (Wildman–Crippen LogP) is 12.7. The Labute approximate surface area is 283 Å². The van der Waals surface area contributed by atoms with Crippen LogP contribution in [0.4, 0.5) is 0 Å². The first-order valence-electron chi connectivity index (χ1n) is 13.0. The van der Waals surface area contributed by atoms with E-state index in [0.29, 0.717) is 0 Å². The van der Waals surface area contributed by atoms with Gasteiger partial charge in [0.25, 0.3) is 0 Å². The lowest BCUT2D eigenvalue weighted by Gasteiger charge is -2.30. The lowest BCUT2D eigenvalue weighted by Crippen LogP contribution is -2.23. The van der Waals surface area contributed by atoms with Gasteiger partial charge in [0.1, 0.15) is 0 Å². The van der Waals surface area contributed by atoms with Crippen molar-refractivity contribution in [2.45, 2.75) is 108 Å². The van der Waals surface area contributed by atoms with Crippen LogP contribution in [0, 0.1) is 0 Å². The van der Waals surface area contributed by atoms with E-state index in [0.717, 1.165) is 68.7 Å². The second kappa shape index (κ2) is 16.0. The van der Waals surface area contributed by atoms with E-state index in [1.54, 1.807) is 0 Å². The molecule has 0 radical (unpaired) electrons. The maximum Gasteiger partial charge on any atom is 0.248 e. The van der Waals surface area contributed by atoms with Crippen LogP contribution in [-0.2, 0) is 38.5 Å². The Morgan fingerprint density at radius 2 is 0.500 bits per heavy atom. The van der Waals surface area contributed by atoms with Gasteiger partial charge in [-0.3, -0.25) is 0 Å². The first-order chi connectivity index (χ1) is 16.9. The molecule has 0 N–H and O–H groups in total. The van der Waals surface area contributed by atoms with E-state index in [1.165, 1.54) is 33.4 Å². The lowest BCUT2D eigenvalue weighted by molar-refractivity contribution is 0.867. The van der Waals surface area contributed by atoms with Gasteiger partial charge in [0.15, 0.2) is 0 Å². The summed E-state index contributed by atoms with van der Waals surface area (Å²) in [5, 5.41) is 0. The highest BCUT2D eigenvalue weighted by Crippen LogP contribution is 2.40. The van der Waals surface area contributed by atoms with E-state index in [9.17, 15) is 0 Å². The van der Waals surface area contributed by atoms with Crippen LogP contribution in [0.25, 0.3) is 0 Å². The molecule has 1 rings (SSSR count). The van der Waals surface area contributed by atoms with E-state index in [1.807, 2.05) is 32.7 Å². The lowest BCUT2D eigenvalue weighted by atomic mass is 9.81. The molecule has 0 bridgehead atoms. The second-order valence-electron chi connectivity index (χ2n) is 11.1. The topological polar surface area (TPSA) is 0 Å². The zero-order valence-corrected chi connectivity index (χ0v) is 35.6. The SMILES string of the molecule is CCc1c(CC[Si](C)(Cl)Cl)c(CC[Si](C)(Cl)Cl)c(CC[Si](C)(Cl)Cl)c(CC[Si](C)(Cl)Cl)c1CC[Si](C)(Cl)Cl. The third-order valence-electron chi connectivity index (χ3n) is 6.61. The molecule has 1 aromatic carbocycles. The molecule has 222 valence electrons. The standard InChI is InChI=1S/C23H40Cl10Si5/c1-7-18-19(8-13-34(2,24)25)21(10-15-36(4,28)29)23(12-17-38(6,32)33)22(11-16-37(5,30)31)20(18)9-14-35(3,26)27/h7-17H2,1-6H3. The third kappa shape index (κ3) is 16.3. The zero-order chi connectivity index (χ0) is 29.7. The van der Waals surface area contributed by atoms with Gasteiger partial charge in [-0.1, -0.05) is 6.92 Å². The minimum absolute atomic E-state index is 0.738. The maximum atomic E-state index is 6.64. The monoisotopic (exact) mass is 806 g/mol. The molecule has 0 saturated carbocycles. The normalized spacial score (nSPS) is 13.9. The van der Waals surface area contributed by atoms with E-state index < -0.39 is 33.5 Å². The Morgan fingerprint density at radius 3 is 0.632 bits per heavy atom. The van der Waals surface area contributed by atoms with Crippen molar-refractivity contribution in [3.8, 4) is 0 Å². The van der Waals surface area contributed by atoms with Crippen molar-refractivity contribution in [1.29, 1.82) is 0 Å². The van der Waals surface area contributed by atoms with Crippen LogP contribution >= 0.6 is 111 Å². The largest absolute Gasteiger partial charge is 0.248 e. The minimum Gasteiger partial charge on any atom is -0.146 e. The fourth-order valence-electron chi connectivity index (χ4n) is 4.75. The van der Waals surface area contributed by atoms with E-state index in [-0.39, 0.29) is 0 Å². The van der Waals surface area contributed by atoms with Crippen molar-refractivity contribution in [1.82, 2.24) is 0 Å². The molecule has 15 heteroatoms. The molecule has 1 aromatic rings. The van der Waals surface area contributed by atoms with Gasteiger partial charge in [0.05, 0.1) is 0 Å². The van der Waals surface area contributed by atoms with E-state index in [4.69, 9.17) is 111 Å². The van der Waals surface area contributed by atoms with Crippen LogP contribution in [0.2, 0.25) is 63.0 Å². The average molecular weight is 812 g/mol. The molecule has 0 unspecified atom stereocenters. The van der Waals surface area contributed by atoms with E-state index in [2.05, 4.69) is 6.92 Å². The van der Waals surface area contributed by atoms with Gasteiger partial charge < -0.3 is 0 Å². The Bertz CT molecular complexity index is 849. The van der Waals surface area contributed by atoms with Gasteiger partial charge in [-0.05, 0) is 135 Å². The molecule has 0 nitrogen and oxygen atoms in total. The van der Waals surface area contributed by atoms with Crippen LogP contribution < -0.4 is 0 Å². The Balaban J connectivity index is 4.03. The number of halogens is 10. The summed E-state index contributed by atoms with van der Waals surface area (Å²) in [5.74, 6) is 0. The average Bonchev–Trinajstić information content (AvgIpc) is 2.68. The van der Waals surface area contributed by atoms with Crippen molar-refractivity contribution >= 4 is 144 Å². The summed E-state index contributed by atoms with van der Waals surface area (Å²) in [5.41, 5.74) is 7.90. The molecule has 0 aliphatic rings. The van der Waals surface area contributed by atoms with Gasteiger partial charge in [-0.2, -0.15) is 0 Å². The van der Waals surface area contributed by atoms with Gasteiger partial charge in [0, 0.05) is 0 Å². The molecule has 0 atom stereocenters. The highest BCUT2D eigenvalue weighted by Gasteiger charge is 2.32.